The summed E-state index contributed by atoms with van der Waals surface area (Å²) in [5.41, 5.74) is -1.54. The van der Waals surface area contributed by atoms with Crippen LogP contribution >= 0.6 is 11.3 Å². The summed E-state index contributed by atoms with van der Waals surface area (Å²) in [5.74, 6) is -2.06. The van der Waals surface area contributed by atoms with Crippen molar-refractivity contribution in [2.75, 3.05) is 16.8 Å². The highest BCUT2D eigenvalue weighted by molar-refractivity contribution is 7.15. The van der Waals surface area contributed by atoms with Crippen LogP contribution in [0.15, 0.2) is 51.7 Å². The van der Waals surface area contributed by atoms with Gasteiger partial charge in [-0.1, -0.05) is 36.5 Å². The van der Waals surface area contributed by atoms with Gasteiger partial charge in [0.1, 0.15) is 16.4 Å². The summed E-state index contributed by atoms with van der Waals surface area (Å²) in [4.78, 5) is 44.3. The molecule has 0 aliphatic carbocycles. The number of halogens is 1. The summed E-state index contributed by atoms with van der Waals surface area (Å²) in [7, 11) is 1.58. The molecule has 8 nitrogen and oxygen atoms in total. The zero-order valence-corrected chi connectivity index (χ0v) is 19.0. The Balaban J connectivity index is 1.75. The molecule has 2 amide bonds. The molecule has 1 atom stereocenters. The van der Waals surface area contributed by atoms with Crippen LogP contribution in [0.3, 0.4) is 0 Å². The fourth-order valence-electron chi connectivity index (χ4n) is 4.89. The molecular weight excluding hydrogens is 459 g/mol. The SMILES string of the molecule is CCCc1nnc(N2C(=O)c3oc4ccc(F)cc4c(=O)c3C23C(=O)N(C)c2ccccc23)s1. The molecule has 0 fully saturated rings. The number of para-hydroxylation sites is 1. The quantitative estimate of drug-likeness (QED) is 0.448. The van der Waals surface area contributed by atoms with E-state index in [9.17, 15) is 18.8 Å². The maximum atomic E-state index is 14.1. The minimum absolute atomic E-state index is 0.0449. The Morgan fingerprint density at radius 1 is 1.12 bits per heavy atom. The van der Waals surface area contributed by atoms with Crippen molar-refractivity contribution >= 4 is 44.9 Å². The number of rotatable bonds is 3. The molecule has 6 rings (SSSR count). The van der Waals surface area contributed by atoms with Crippen LogP contribution in [0.2, 0.25) is 0 Å². The highest BCUT2D eigenvalue weighted by Crippen LogP contribution is 2.53. The molecule has 2 aliphatic heterocycles. The smallest absolute Gasteiger partial charge is 0.297 e. The molecule has 1 unspecified atom stereocenters. The highest BCUT2D eigenvalue weighted by atomic mass is 32.1. The third-order valence-electron chi connectivity index (χ3n) is 6.33. The van der Waals surface area contributed by atoms with Crippen LogP contribution < -0.4 is 15.2 Å². The first-order valence-electron chi connectivity index (χ1n) is 10.7. The molecule has 0 bridgehead atoms. The van der Waals surface area contributed by atoms with Gasteiger partial charge in [0.2, 0.25) is 10.9 Å². The van der Waals surface area contributed by atoms with Crippen LogP contribution in [-0.2, 0) is 16.8 Å². The van der Waals surface area contributed by atoms with Crippen molar-refractivity contribution in [3.8, 4) is 0 Å². The van der Waals surface area contributed by atoms with Crippen molar-refractivity contribution in [2.45, 2.75) is 25.3 Å². The van der Waals surface area contributed by atoms with E-state index in [1.165, 1.54) is 27.2 Å². The third kappa shape index (κ3) is 2.43. The monoisotopic (exact) mass is 476 g/mol. The van der Waals surface area contributed by atoms with Crippen LogP contribution in [0.1, 0.15) is 40.0 Å². The second-order valence-electron chi connectivity index (χ2n) is 8.24. The minimum Gasteiger partial charge on any atom is -0.450 e. The van der Waals surface area contributed by atoms with E-state index in [1.807, 2.05) is 6.92 Å². The number of hydrogen-bond donors (Lipinski definition) is 0. The Morgan fingerprint density at radius 2 is 1.91 bits per heavy atom. The Bertz CT molecular complexity index is 1600. The second-order valence-corrected chi connectivity index (χ2v) is 9.28. The molecular formula is C24H17FN4O4S. The van der Waals surface area contributed by atoms with Gasteiger partial charge in [0.25, 0.3) is 11.8 Å². The van der Waals surface area contributed by atoms with E-state index in [0.717, 1.165) is 18.6 Å². The first-order chi connectivity index (χ1) is 16.4. The van der Waals surface area contributed by atoms with Crippen molar-refractivity contribution < 1.29 is 18.4 Å². The van der Waals surface area contributed by atoms with E-state index in [2.05, 4.69) is 10.2 Å². The fraction of sp³-hybridized carbons (Fsp3) is 0.208. The van der Waals surface area contributed by atoms with Crippen molar-refractivity contribution in [1.29, 1.82) is 0 Å². The van der Waals surface area contributed by atoms with Gasteiger partial charge in [-0.3, -0.25) is 19.3 Å². The topological polar surface area (TPSA) is 96.6 Å². The molecule has 0 saturated heterocycles. The lowest BCUT2D eigenvalue weighted by molar-refractivity contribution is -0.121. The summed E-state index contributed by atoms with van der Waals surface area (Å²) in [6, 6.07) is 10.5. The summed E-state index contributed by atoms with van der Waals surface area (Å²) >= 11 is 1.19. The molecule has 2 aromatic carbocycles. The number of carbonyl (C=O) groups is 2. The Hall–Kier alpha value is -3.92. The Kier molecular flexibility index (Phi) is 4.28. The van der Waals surface area contributed by atoms with E-state index in [4.69, 9.17) is 4.42 Å². The molecule has 0 N–H and O–H groups in total. The molecule has 2 aliphatic rings. The molecule has 4 heterocycles. The molecule has 10 heteroatoms. The number of nitrogens with zero attached hydrogens (tertiary/aromatic N) is 4. The molecule has 1 spiro atoms. The number of benzene rings is 2. The molecule has 170 valence electrons. The van der Waals surface area contributed by atoms with E-state index < -0.39 is 28.6 Å². The van der Waals surface area contributed by atoms with Crippen LogP contribution in [0, 0.1) is 5.82 Å². The first-order valence-corrected chi connectivity index (χ1v) is 11.5. The van der Waals surface area contributed by atoms with Gasteiger partial charge < -0.3 is 9.32 Å². The van der Waals surface area contributed by atoms with Crippen molar-refractivity contribution in [1.82, 2.24) is 10.2 Å². The first kappa shape index (κ1) is 20.7. The number of anilines is 2. The van der Waals surface area contributed by atoms with Gasteiger partial charge in [0, 0.05) is 24.7 Å². The summed E-state index contributed by atoms with van der Waals surface area (Å²) in [6.07, 6.45) is 1.49. The predicted octanol–water partition coefficient (Wildman–Crippen LogP) is 3.62. The van der Waals surface area contributed by atoms with Crippen LogP contribution in [-0.4, -0.2) is 29.1 Å². The minimum atomic E-state index is -1.83. The number of aromatic nitrogens is 2. The van der Waals surface area contributed by atoms with Crippen molar-refractivity contribution in [2.24, 2.45) is 0 Å². The number of aryl methyl sites for hydroxylation is 1. The average molecular weight is 476 g/mol. The van der Waals surface area contributed by atoms with Crippen LogP contribution in [0.25, 0.3) is 11.0 Å². The summed E-state index contributed by atoms with van der Waals surface area (Å²) in [5, 5.41) is 9.24. The number of fused-ring (bicyclic) bond motifs is 5. The highest BCUT2D eigenvalue weighted by Gasteiger charge is 2.66. The standard InChI is InChI=1S/C24H17FN4O4S/c1-3-6-17-26-27-23(34-17)29-21(31)20-18(19(30)13-11-12(25)9-10-16(13)33-20)24(29)14-7-4-5-8-15(14)28(2)22(24)32/h4-5,7-11H,3,6H2,1-2H3. The van der Waals surface area contributed by atoms with Gasteiger partial charge >= 0.3 is 0 Å². The lowest BCUT2D eigenvalue weighted by Crippen LogP contribution is -2.53. The molecule has 0 saturated carbocycles. The number of likely N-dealkylation sites (N-methyl/N-ethyl adjacent to an activating group) is 1. The zero-order chi connectivity index (χ0) is 23.8. The Labute approximate surface area is 196 Å². The lowest BCUT2D eigenvalue weighted by Gasteiger charge is -2.31. The lowest BCUT2D eigenvalue weighted by atomic mass is 9.84. The maximum Gasteiger partial charge on any atom is 0.297 e. The molecule has 4 aromatic rings. The number of carbonyl (C=O) groups excluding carboxylic acids is 2. The molecule has 0 radical (unpaired) electrons. The van der Waals surface area contributed by atoms with Gasteiger partial charge in [-0.2, -0.15) is 0 Å². The Morgan fingerprint density at radius 3 is 2.71 bits per heavy atom. The normalized spacial score (nSPS) is 18.9. The van der Waals surface area contributed by atoms with E-state index in [-0.39, 0.29) is 27.4 Å². The zero-order valence-electron chi connectivity index (χ0n) is 18.2. The predicted molar refractivity (Wildman–Crippen MR) is 124 cm³/mol. The van der Waals surface area contributed by atoms with E-state index in [1.54, 1.807) is 31.3 Å². The summed E-state index contributed by atoms with van der Waals surface area (Å²) in [6.45, 7) is 2.00. The number of hydrogen-bond acceptors (Lipinski definition) is 7. The van der Waals surface area contributed by atoms with Gasteiger partial charge in [0.05, 0.1) is 10.9 Å². The summed E-state index contributed by atoms with van der Waals surface area (Å²) < 4.78 is 19.9. The third-order valence-corrected chi connectivity index (χ3v) is 7.30. The second kappa shape index (κ2) is 7.04. The van der Waals surface area contributed by atoms with E-state index >= 15 is 0 Å². The van der Waals surface area contributed by atoms with Gasteiger partial charge in [-0.15, -0.1) is 10.2 Å². The van der Waals surface area contributed by atoms with Crippen molar-refractivity contribution in [3.63, 3.8) is 0 Å². The van der Waals surface area contributed by atoms with Crippen LogP contribution in [0.5, 0.6) is 0 Å². The van der Waals surface area contributed by atoms with Gasteiger partial charge in [-0.25, -0.2) is 4.39 Å². The van der Waals surface area contributed by atoms with Gasteiger partial charge in [-0.05, 0) is 30.7 Å². The van der Waals surface area contributed by atoms with Crippen molar-refractivity contribution in [3.05, 3.63) is 80.4 Å². The largest absolute Gasteiger partial charge is 0.450 e. The fourth-order valence-corrected chi connectivity index (χ4v) is 5.88. The maximum absolute atomic E-state index is 14.1. The average Bonchev–Trinajstić information content (AvgIpc) is 3.45. The molecule has 2 aromatic heterocycles. The molecule has 34 heavy (non-hydrogen) atoms. The van der Waals surface area contributed by atoms with Crippen LogP contribution in [0.4, 0.5) is 15.2 Å². The number of amides is 2. The van der Waals surface area contributed by atoms with E-state index in [0.29, 0.717) is 22.7 Å². The van der Waals surface area contributed by atoms with Gasteiger partial charge in [0.15, 0.2) is 11.0 Å².